The van der Waals surface area contributed by atoms with Crippen LogP contribution in [-0.2, 0) is 19.1 Å². The molecule has 0 unspecified atom stereocenters. The van der Waals surface area contributed by atoms with Crippen molar-refractivity contribution in [1.29, 1.82) is 0 Å². The standard InChI is InChI=1S/C25H44O6/c1-5-6-12-19(2)13-9-10-14-21-16-17-23(31-20(3)26)22(21)15-8-7-11-18-25(28,29)24(27)30-4/h10,14,19,21-23,28-29H,5-9,11-13,15-18H2,1-4H3/t19-,21+,22-,23+/m1/s1. The van der Waals surface area contributed by atoms with Crippen LogP contribution in [0.4, 0.5) is 0 Å². The summed E-state index contributed by atoms with van der Waals surface area (Å²) in [7, 11) is 1.14. The van der Waals surface area contributed by atoms with Crippen LogP contribution in [0.2, 0.25) is 0 Å². The number of methoxy groups -OCH3 is 1. The number of ether oxygens (including phenoxy) is 2. The SMILES string of the molecule is CCCC[C@@H](C)CCC=C[C@H]1CC[C@H](OC(C)=O)[C@@H]1CCCCCC(O)(O)C(=O)OC. The van der Waals surface area contributed by atoms with Crippen molar-refractivity contribution in [3.05, 3.63) is 12.2 Å². The Hall–Kier alpha value is -1.40. The maximum atomic E-state index is 11.5. The highest BCUT2D eigenvalue weighted by atomic mass is 16.6. The van der Waals surface area contributed by atoms with E-state index in [9.17, 15) is 19.8 Å². The Balaban J connectivity index is 2.49. The van der Waals surface area contributed by atoms with Crippen LogP contribution in [0.25, 0.3) is 0 Å². The molecule has 1 rings (SSSR count). The minimum absolute atomic E-state index is 0.0412. The molecular formula is C25H44O6. The lowest BCUT2D eigenvalue weighted by molar-refractivity contribution is -0.209. The fourth-order valence-electron chi connectivity index (χ4n) is 4.60. The highest BCUT2D eigenvalue weighted by Gasteiger charge is 2.37. The van der Waals surface area contributed by atoms with Gasteiger partial charge in [-0.05, 0) is 50.4 Å². The zero-order valence-corrected chi connectivity index (χ0v) is 20.0. The van der Waals surface area contributed by atoms with Crippen molar-refractivity contribution < 1.29 is 29.3 Å². The first kappa shape index (κ1) is 27.6. The zero-order chi connectivity index (χ0) is 23.3. The molecular weight excluding hydrogens is 396 g/mol. The summed E-state index contributed by atoms with van der Waals surface area (Å²) in [4.78, 5) is 22.8. The van der Waals surface area contributed by atoms with E-state index in [1.807, 2.05) is 0 Å². The van der Waals surface area contributed by atoms with Gasteiger partial charge in [-0.2, -0.15) is 0 Å². The van der Waals surface area contributed by atoms with Crippen LogP contribution in [0.1, 0.15) is 97.8 Å². The molecule has 1 aliphatic rings. The second kappa shape index (κ2) is 14.6. The molecule has 180 valence electrons. The number of carbonyl (C=O) groups is 2. The van der Waals surface area contributed by atoms with Gasteiger partial charge in [-0.3, -0.25) is 4.79 Å². The average Bonchev–Trinajstić information content (AvgIpc) is 3.09. The largest absolute Gasteiger partial charge is 0.465 e. The number of hydrogen-bond donors (Lipinski definition) is 2. The molecule has 0 aromatic rings. The Morgan fingerprint density at radius 2 is 1.87 bits per heavy atom. The Morgan fingerprint density at radius 3 is 2.52 bits per heavy atom. The summed E-state index contributed by atoms with van der Waals surface area (Å²) in [6.45, 7) is 6.02. The van der Waals surface area contributed by atoms with Gasteiger partial charge in [0.15, 0.2) is 0 Å². The van der Waals surface area contributed by atoms with Crippen molar-refractivity contribution in [3.63, 3.8) is 0 Å². The molecule has 0 radical (unpaired) electrons. The lowest BCUT2D eigenvalue weighted by atomic mass is 9.88. The molecule has 6 nitrogen and oxygen atoms in total. The van der Waals surface area contributed by atoms with Crippen LogP contribution < -0.4 is 0 Å². The van der Waals surface area contributed by atoms with Crippen LogP contribution in [0.3, 0.4) is 0 Å². The van der Waals surface area contributed by atoms with Gasteiger partial charge in [-0.25, -0.2) is 4.79 Å². The van der Waals surface area contributed by atoms with E-state index in [0.717, 1.165) is 51.6 Å². The van der Waals surface area contributed by atoms with Crippen molar-refractivity contribution in [2.24, 2.45) is 17.8 Å². The molecule has 0 amide bonds. The van der Waals surface area contributed by atoms with Crippen LogP contribution in [0.15, 0.2) is 12.2 Å². The van der Waals surface area contributed by atoms with Gasteiger partial charge >= 0.3 is 11.9 Å². The maximum Gasteiger partial charge on any atom is 0.366 e. The van der Waals surface area contributed by atoms with Gasteiger partial charge in [0.25, 0.3) is 5.79 Å². The first-order valence-corrected chi connectivity index (χ1v) is 12.1. The van der Waals surface area contributed by atoms with Gasteiger partial charge in [0, 0.05) is 19.3 Å². The third kappa shape index (κ3) is 10.6. The van der Waals surface area contributed by atoms with Crippen LogP contribution in [0, 0.1) is 17.8 Å². The molecule has 0 aliphatic heterocycles. The lowest BCUT2D eigenvalue weighted by Gasteiger charge is -2.23. The van der Waals surface area contributed by atoms with Gasteiger partial charge in [0.1, 0.15) is 6.10 Å². The van der Waals surface area contributed by atoms with E-state index >= 15 is 0 Å². The second-order valence-corrected chi connectivity index (χ2v) is 9.21. The van der Waals surface area contributed by atoms with Crippen molar-refractivity contribution in [2.45, 2.75) is 110 Å². The first-order valence-electron chi connectivity index (χ1n) is 12.1. The average molecular weight is 441 g/mol. The van der Waals surface area contributed by atoms with E-state index in [-0.39, 0.29) is 18.5 Å². The maximum absolute atomic E-state index is 11.5. The number of unbranched alkanes of at least 4 members (excludes halogenated alkanes) is 3. The molecule has 1 aliphatic carbocycles. The Bertz CT molecular complexity index is 556. The number of rotatable bonds is 15. The molecule has 4 atom stereocenters. The van der Waals surface area contributed by atoms with E-state index in [0.29, 0.717) is 18.3 Å². The van der Waals surface area contributed by atoms with Crippen LogP contribution in [-0.4, -0.2) is 41.2 Å². The predicted octanol–water partition coefficient (Wildman–Crippen LogP) is 4.91. The molecule has 0 spiro atoms. The van der Waals surface area contributed by atoms with Gasteiger partial charge in [-0.15, -0.1) is 0 Å². The summed E-state index contributed by atoms with van der Waals surface area (Å²) in [5, 5.41) is 19.4. The molecule has 31 heavy (non-hydrogen) atoms. The molecule has 2 N–H and O–H groups in total. The summed E-state index contributed by atoms with van der Waals surface area (Å²) in [6.07, 6.45) is 15.7. The van der Waals surface area contributed by atoms with Crippen molar-refractivity contribution >= 4 is 11.9 Å². The van der Waals surface area contributed by atoms with Crippen molar-refractivity contribution in [2.75, 3.05) is 7.11 Å². The monoisotopic (exact) mass is 440 g/mol. The van der Waals surface area contributed by atoms with E-state index in [1.54, 1.807) is 0 Å². The number of allylic oxidation sites excluding steroid dienone is 2. The zero-order valence-electron chi connectivity index (χ0n) is 20.0. The third-order valence-corrected chi connectivity index (χ3v) is 6.46. The van der Waals surface area contributed by atoms with Gasteiger partial charge in [-0.1, -0.05) is 58.1 Å². The predicted molar refractivity (Wildman–Crippen MR) is 121 cm³/mol. The fraction of sp³-hybridized carbons (Fsp3) is 0.840. The highest BCUT2D eigenvalue weighted by Crippen LogP contribution is 2.39. The molecule has 0 aromatic carbocycles. The Labute approximate surface area is 188 Å². The molecule has 0 heterocycles. The molecule has 0 aromatic heterocycles. The van der Waals surface area contributed by atoms with Crippen molar-refractivity contribution in [3.8, 4) is 0 Å². The summed E-state index contributed by atoms with van der Waals surface area (Å²) < 4.78 is 9.99. The summed E-state index contributed by atoms with van der Waals surface area (Å²) in [5.41, 5.74) is 0. The van der Waals surface area contributed by atoms with E-state index in [1.165, 1.54) is 32.6 Å². The molecule has 0 bridgehead atoms. The normalized spacial score (nSPS) is 22.6. The molecule has 1 fully saturated rings. The van der Waals surface area contributed by atoms with Crippen LogP contribution >= 0.6 is 0 Å². The highest BCUT2D eigenvalue weighted by molar-refractivity contribution is 5.76. The fourth-order valence-corrected chi connectivity index (χ4v) is 4.60. The lowest BCUT2D eigenvalue weighted by Crippen LogP contribution is -2.39. The summed E-state index contributed by atoms with van der Waals surface area (Å²) >= 11 is 0. The molecule has 0 saturated heterocycles. The smallest absolute Gasteiger partial charge is 0.366 e. The number of esters is 2. The topological polar surface area (TPSA) is 93.1 Å². The Morgan fingerprint density at radius 1 is 1.13 bits per heavy atom. The molecule has 6 heteroatoms. The van der Waals surface area contributed by atoms with Crippen LogP contribution in [0.5, 0.6) is 0 Å². The van der Waals surface area contributed by atoms with Gasteiger partial charge in [0.2, 0.25) is 0 Å². The van der Waals surface area contributed by atoms with Gasteiger partial charge < -0.3 is 19.7 Å². The Kier molecular flexibility index (Phi) is 13.0. The second-order valence-electron chi connectivity index (χ2n) is 9.21. The van der Waals surface area contributed by atoms with E-state index in [2.05, 4.69) is 30.7 Å². The quantitative estimate of drug-likeness (QED) is 0.163. The first-order chi connectivity index (χ1) is 14.7. The summed E-state index contributed by atoms with van der Waals surface area (Å²) in [5.74, 6) is -2.19. The number of carbonyl (C=O) groups excluding carboxylic acids is 2. The van der Waals surface area contributed by atoms with E-state index in [4.69, 9.17) is 4.74 Å². The number of hydrogen-bond acceptors (Lipinski definition) is 6. The van der Waals surface area contributed by atoms with Crippen molar-refractivity contribution in [1.82, 2.24) is 0 Å². The summed E-state index contributed by atoms with van der Waals surface area (Å²) in [6, 6.07) is 0. The van der Waals surface area contributed by atoms with Gasteiger partial charge in [0.05, 0.1) is 7.11 Å². The molecule has 1 saturated carbocycles. The number of aliphatic hydroxyl groups is 2. The minimum Gasteiger partial charge on any atom is -0.465 e. The minimum atomic E-state index is -2.41. The third-order valence-electron chi connectivity index (χ3n) is 6.46. The van der Waals surface area contributed by atoms with E-state index < -0.39 is 11.8 Å².